The second-order valence-corrected chi connectivity index (χ2v) is 7.45. The van der Waals surface area contributed by atoms with Crippen molar-refractivity contribution in [2.24, 2.45) is 0 Å². The summed E-state index contributed by atoms with van der Waals surface area (Å²) in [5.74, 6) is -0.283. The van der Waals surface area contributed by atoms with E-state index in [2.05, 4.69) is 17.0 Å². The molecule has 1 aliphatic rings. The highest BCUT2D eigenvalue weighted by molar-refractivity contribution is 7.59. The number of aromatic nitrogens is 3. The molecule has 1 aromatic carbocycles. The number of alkyl halides is 3. The summed E-state index contributed by atoms with van der Waals surface area (Å²) >= 11 is 0. The van der Waals surface area contributed by atoms with Crippen LogP contribution in [0.4, 0.5) is 18.9 Å². The highest BCUT2D eigenvalue weighted by Gasteiger charge is 2.35. The maximum absolute atomic E-state index is 13.3. The predicted octanol–water partition coefficient (Wildman–Crippen LogP) is 5.25. The summed E-state index contributed by atoms with van der Waals surface area (Å²) in [4.78, 5) is 19.2. The maximum atomic E-state index is 13.3. The normalized spacial score (nSPS) is 16.1. The Labute approximate surface area is 185 Å². The highest BCUT2D eigenvalue weighted by atomic mass is 32.1. The zero-order valence-electron chi connectivity index (χ0n) is 17.1. The Kier molecular flexibility index (Phi) is 6.45. The minimum absolute atomic E-state index is 0. The minimum Gasteiger partial charge on any atom is -0.305 e. The Morgan fingerprint density at radius 3 is 2.52 bits per heavy atom. The average Bonchev–Trinajstić information content (AvgIpc) is 3.17. The van der Waals surface area contributed by atoms with E-state index < -0.39 is 11.7 Å². The Balaban J connectivity index is 0.00000272. The van der Waals surface area contributed by atoms with Crippen molar-refractivity contribution >= 4 is 25.1 Å². The monoisotopic (exact) mass is 448 g/mol. The zero-order valence-corrected chi connectivity index (χ0v) is 18.1. The van der Waals surface area contributed by atoms with Crippen LogP contribution in [0.2, 0.25) is 0 Å². The van der Waals surface area contributed by atoms with Gasteiger partial charge in [0.25, 0.3) is 5.91 Å². The molecular formula is C22H23F3N4OS. The third-order valence-electron chi connectivity index (χ3n) is 5.25. The first-order valence-electron chi connectivity index (χ1n) is 9.81. The summed E-state index contributed by atoms with van der Waals surface area (Å²) in [5.41, 5.74) is 2.61. The molecule has 0 N–H and O–H groups in total. The second kappa shape index (κ2) is 8.74. The Morgan fingerprint density at radius 2 is 1.87 bits per heavy atom. The molecule has 0 fully saturated rings. The molecule has 5 nitrogen and oxygen atoms in total. The van der Waals surface area contributed by atoms with E-state index in [-0.39, 0.29) is 25.4 Å². The number of anilines is 1. The molecule has 164 valence electrons. The molecule has 1 atom stereocenters. The fourth-order valence-corrected chi connectivity index (χ4v) is 3.76. The standard InChI is InChI=1S/C22H21F3N4O.H2S/c1-3-4-17-11-15(9-10-26-17)19-12-27-29-14(2)13-28(21(30)20(19)29)18-7-5-16(6-8-18)22(23,24)25;/h5-12,14H,3-4,13H2,1-2H3;1H2/t14-;/m0./s1. The first-order chi connectivity index (χ1) is 14.3. The lowest BCUT2D eigenvalue weighted by Gasteiger charge is -2.32. The molecule has 0 aliphatic carbocycles. The minimum atomic E-state index is -4.42. The summed E-state index contributed by atoms with van der Waals surface area (Å²) in [5, 5.41) is 4.41. The fraction of sp³-hybridized carbons (Fsp3) is 0.318. The van der Waals surface area contributed by atoms with Gasteiger partial charge in [0.1, 0.15) is 5.69 Å². The molecule has 0 saturated carbocycles. The van der Waals surface area contributed by atoms with Gasteiger partial charge in [0.05, 0.1) is 17.8 Å². The third kappa shape index (κ3) is 4.32. The van der Waals surface area contributed by atoms with Crippen molar-refractivity contribution in [2.75, 3.05) is 11.4 Å². The number of hydrogen-bond acceptors (Lipinski definition) is 3. The summed E-state index contributed by atoms with van der Waals surface area (Å²) in [6.45, 7) is 4.33. The molecular weight excluding hydrogens is 425 g/mol. The van der Waals surface area contributed by atoms with Gasteiger partial charge in [0.15, 0.2) is 0 Å². The lowest BCUT2D eigenvalue weighted by molar-refractivity contribution is -0.137. The molecule has 1 aliphatic heterocycles. The molecule has 0 spiro atoms. The van der Waals surface area contributed by atoms with Crippen molar-refractivity contribution < 1.29 is 18.0 Å². The highest BCUT2D eigenvalue weighted by Crippen LogP contribution is 2.35. The molecule has 9 heteroatoms. The summed E-state index contributed by atoms with van der Waals surface area (Å²) in [6.07, 6.45) is 0.764. The summed E-state index contributed by atoms with van der Waals surface area (Å²) < 4.78 is 40.4. The van der Waals surface area contributed by atoms with Crippen LogP contribution in [0.25, 0.3) is 11.1 Å². The number of benzene rings is 1. The number of hydrogen-bond donors (Lipinski definition) is 0. The quantitative estimate of drug-likeness (QED) is 0.548. The Hall–Kier alpha value is -2.81. The molecule has 3 heterocycles. The number of pyridine rings is 1. The van der Waals surface area contributed by atoms with Gasteiger partial charge in [-0.2, -0.15) is 31.8 Å². The van der Waals surface area contributed by atoms with Crippen LogP contribution in [0.3, 0.4) is 0 Å². The van der Waals surface area contributed by atoms with Gasteiger partial charge in [-0.15, -0.1) is 0 Å². The molecule has 0 radical (unpaired) electrons. The van der Waals surface area contributed by atoms with Gasteiger partial charge in [-0.05, 0) is 55.3 Å². The van der Waals surface area contributed by atoms with E-state index in [0.717, 1.165) is 36.2 Å². The zero-order chi connectivity index (χ0) is 21.5. The number of aryl methyl sites for hydroxylation is 1. The SMILES string of the molecule is CCCc1cc(-c2cnn3c2C(=O)N(c2ccc(C(F)(F)F)cc2)C[C@@H]3C)ccn1.S. The van der Waals surface area contributed by atoms with Crippen LogP contribution < -0.4 is 4.90 Å². The van der Waals surface area contributed by atoms with Gasteiger partial charge in [-0.3, -0.25) is 14.5 Å². The van der Waals surface area contributed by atoms with E-state index in [1.807, 2.05) is 19.1 Å². The molecule has 0 saturated heterocycles. The third-order valence-corrected chi connectivity index (χ3v) is 5.25. The first-order valence-corrected chi connectivity index (χ1v) is 9.81. The van der Waals surface area contributed by atoms with Crippen molar-refractivity contribution in [3.63, 3.8) is 0 Å². The van der Waals surface area contributed by atoms with E-state index in [4.69, 9.17) is 0 Å². The topological polar surface area (TPSA) is 51.0 Å². The van der Waals surface area contributed by atoms with Gasteiger partial charge < -0.3 is 4.90 Å². The molecule has 3 aromatic rings. The van der Waals surface area contributed by atoms with Gasteiger partial charge in [0.2, 0.25) is 0 Å². The summed E-state index contributed by atoms with van der Waals surface area (Å²) in [7, 11) is 0. The van der Waals surface area contributed by atoms with E-state index >= 15 is 0 Å². The van der Waals surface area contributed by atoms with Crippen molar-refractivity contribution in [3.05, 3.63) is 65.7 Å². The predicted molar refractivity (Wildman–Crippen MR) is 118 cm³/mol. The second-order valence-electron chi connectivity index (χ2n) is 7.45. The van der Waals surface area contributed by atoms with E-state index in [1.54, 1.807) is 17.1 Å². The van der Waals surface area contributed by atoms with Gasteiger partial charge in [0, 0.05) is 29.7 Å². The lowest BCUT2D eigenvalue weighted by Crippen LogP contribution is -2.42. The number of carbonyl (C=O) groups excluding carboxylic acids is 1. The van der Waals surface area contributed by atoms with Gasteiger partial charge in [-0.1, -0.05) is 13.3 Å². The van der Waals surface area contributed by atoms with Crippen LogP contribution in [0.1, 0.15) is 48.1 Å². The summed E-state index contributed by atoms with van der Waals surface area (Å²) in [6, 6.07) is 8.35. The Morgan fingerprint density at radius 1 is 1.16 bits per heavy atom. The van der Waals surface area contributed by atoms with E-state index in [9.17, 15) is 18.0 Å². The van der Waals surface area contributed by atoms with Crippen LogP contribution in [-0.2, 0) is 12.6 Å². The van der Waals surface area contributed by atoms with Crippen molar-refractivity contribution in [1.82, 2.24) is 14.8 Å². The number of carbonyl (C=O) groups is 1. The lowest BCUT2D eigenvalue weighted by atomic mass is 10.0. The fourth-order valence-electron chi connectivity index (χ4n) is 3.76. The number of amides is 1. The van der Waals surface area contributed by atoms with Crippen molar-refractivity contribution in [3.8, 4) is 11.1 Å². The van der Waals surface area contributed by atoms with Crippen molar-refractivity contribution in [1.29, 1.82) is 0 Å². The molecule has 4 rings (SSSR count). The number of halogens is 3. The van der Waals surface area contributed by atoms with E-state index in [1.165, 1.54) is 17.0 Å². The average molecular weight is 449 g/mol. The largest absolute Gasteiger partial charge is 0.416 e. The van der Waals surface area contributed by atoms with Crippen LogP contribution in [0.5, 0.6) is 0 Å². The van der Waals surface area contributed by atoms with Crippen LogP contribution >= 0.6 is 13.5 Å². The smallest absolute Gasteiger partial charge is 0.305 e. The number of fused-ring (bicyclic) bond motifs is 1. The Bertz CT molecular complexity index is 1080. The molecule has 1 amide bonds. The number of nitrogens with zero attached hydrogens (tertiary/aromatic N) is 4. The maximum Gasteiger partial charge on any atom is 0.416 e. The first kappa shape index (κ1) is 22.9. The van der Waals surface area contributed by atoms with Gasteiger partial charge in [-0.25, -0.2) is 0 Å². The molecule has 0 bridgehead atoms. The van der Waals surface area contributed by atoms with Gasteiger partial charge >= 0.3 is 6.18 Å². The molecule has 0 unspecified atom stereocenters. The van der Waals surface area contributed by atoms with E-state index in [0.29, 0.717) is 23.5 Å². The van der Waals surface area contributed by atoms with Crippen LogP contribution in [0.15, 0.2) is 48.8 Å². The molecule has 31 heavy (non-hydrogen) atoms. The van der Waals surface area contributed by atoms with Crippen molar-refractivity contribution in [2.45, 2.75) is 38.9 Å². The number of rotatable bonds is 4. The van der Waals surface area contributed by atoms with Crippen LogP contribution in [-0.4, -0.2) is 27.2 Å². The molecule has 2 aromatic heterocycles. The van der Waals surface area contributed by atoms with Crippen LogP contribution in [0, 0.1) is 0 Å².